The van der Waals surface area contributed by atoms with Crippen LogP contribution >= 0.6 is 0 Å². The standard InChI is InChI=1S/C12H14N6O3/c1-2-3-8(10-15-17-18-16-10)14-11(19)7-4-5-13-9(6-7)12(20)21/h4-6,8H,2-3H2,1H3,(H,14,19)(H,20,21)(H,15,16,17,18). The molecule has 0 bridgehead atoms. The van der Waals surface area contributed by atoms with E-state index in [1.807, 2.05) is 6.92 Å². The predicted octanol–water partition coefficient (Wildman–Crippen LogP) is 0.564. The highest BCUT2D eigenvalue weighted by molar-refractivity contribution is 5.96. The van der Waals surface area contributed by atoms with Gasteiger partial charge in [0.25, 0.3) is 5.91 Å². The zero-order chi connectivity index (χ0) is 15.2. The van der Waals surface area contributed by atoms with Crippen LogP contribution in [-0.4, -0.2) is 42.6 Å². The summed E-state index contributed by atoms with van der Waals surface area (Å²) in [6.45, 7) is 1.97. The van der Waals surface area contributed by atoms with Gasteiger partial charge in [0.1, 0.15) is 5.69 Å². The molecule has 2 heterocycles. The quantitative estimate of drug-likeness (QED) is 0.707. The number of rotatable bonds is 6. The molecule has 0 radical (unpaired) electrons. The molecule has 1 atom stereocenters. The van der Waals surface area contributed by atoms with Gasteiger partial charge in [-0.2, -0.15) is 5.21 Å². The van der Waals surface area contributed by atoms with Crippen LogP contribution < -0.4 is 5.32 Å². The first-order valence-electron chi connectivity index (χ1n) is 6.35. The van der Waals surface area contributed by atoms with Crippen LogP contribution in [0.25, 0.3) is 0 Å². The van der Waals surface area contributed by atoms with Crippen LogP contribution in [0.1, 0.15) is 52.5 Å². The molecule has 1 unspecified atom stereocenters. The molecule has 3 N–H and O–H groups in total. The number of hydrogen-bond acceptors (Lipinski definition) is 6. The second-order valence-electron chi connectivity index (χ2n) is 4.32. The maximum atomic E-state index is 12.2. The maximum absolute atomic E-state index is 12.2. The van der Waals surface area contributed by atoms with Crippen molar-refractivity contribution in [3.05, 3.63) is 35.4 Å². The van der Waals surface area contributed by atoms with Crippen molar-refractivity contribution in [1.82, 2.24) is 30.9 Å². The molecule has 9 nitrogen and oxygen atoms in total. The third-order valence-electron chi connectivity index (χ3n) is 2.80. The Morgan fingerprint density at radius 3 is 2.90 bits per heavy atom. The number of amides is 1. The molecule has 2 rings (SSSR count). The van der Waals surface area contributed by atoms with Crippen molar-refractivity contribution in [3.8, 4) is 0 Å². The largest absolute Gasteiger partial charge is 0.477 e. The zero-order valence-electron chi connectivity index (χ0n) is 11.3. The molecule has 0 aliphatic heterocycles. The number of aromatic carboxylic acids is 1. The van der Waals surface area contributed by atoms with Crippen molar-refractivity contribution in [3.63, 3.8) is 0 Å². The lowest BCUT2D eigenvalue weighted by Gasteiger charge is -2.14. The van der Waals surface area contributed by atoms with Gasteiger partial charge in [-0.15, -0.1) is 10.2 Å². The first-order valence-corrected chi connectivity index (χ1v) is 6.35. The van der Waals surface area contributed by atoms with Crippen molar-refractivity contribution >= 4 is 11.9 Å². The summed E-state index contributed by atoms with van der Waals surface area (Å²) in [6, 6.07) is 2.28. The van der Waals surface area contributed by atoms with Gasteiger partial charge >= 0.3 is 5.97 Å². The number of aromatic amines is 1. The van der Waals surface area contributed by atoms with Crippen LogP contribution in [0, 0.1) is 0 Å². The Bertz CT molecular complexity index is 628. The van der Waals surface area contributed by atoms with Crippen LogP contribution in [0.2, 0.25) is 0 Å². The minimum atomic E-state index is -1.19. The van der Waals surface area contributed by atoms with E-state index in [9.17, 15) is 9.59 Å². The minimum absolute atomic E-state index is 0.186. The zero-order valence-corrected chi connectivity index (χ0v) is 11.3. The van der Waals surface area contributed by atoms with Gasteiger partial charge in [0.15, 0.2) is 5.82 Å². The number of carbonyl (C=O) groups is 2. The van der Waals surface area contributed by atoms with Crippen LogP contribution in [0.3, 0.4) is 0 Å². The van der Waals surface area contributed by atoms with Crippen molar-refractivity contribution in [2.75, 3.05) is 0 Å². The van der Waals surface area contributed by atoms with Crippen LogP contribution in [0.5, 0.6) is 0 Å². The maximum Gasteiger partial charge on any atom is 0.354 e. The van der Waals surface area contributed by atoms with Gasteiger partial charge in [-0.25, -0.2) is 9.78 Å². The molecule has 21 heavy (non-hydrogen) atoms. The Hall–Kier alpha value is -2.84. The summed E-state index contributed by atoms with van der Waals surface area (Å²) in [7, 11) is 0. The number of carbonyl (C=O) groups excluding carboxylic acids is 1. The van der Waals surface area contributed by atoms with E-state index in [-0.39, 0.29) is 17.3 Å². The van der Waals surface area contributed by atoms with E-state index in [4.69, 9.17) is 5.11 Å². The van der Waals surface area contributed by atoms with Gasteiger partial charge in [-0.1, -0.05) is 18.6 Å². The van der Waals surface area contributed by atoms with Crippen molar-refractivity contribution in [2.45, 2.75) is 25.8 Å². The normalized spacial score (nSPS) is 11.9. The monoisotopic (exact) mass is 290 g/mol. The van der Waals surface area contributed by atoms with Gasteiger partial charge in [0.05, 0.1) is 6.04 Å². The average molecular weight is 290 g/mol. The Labute approximate surface area is 119 Å². The highest BCUT2D eigenvalue weighted by atomic mass is 16.4. The van der Waals surface area contributed by atoms with E-state index in [1.54, 1.807) is 0 Å². The molecule has 2 aromatic heterocycles. The summed E-state index contributed by atoms with van der Waals surface area (Å²) < 4.78 is 0. The number of nitrogens with zero attached hydrogens (tertiary/aromatic N) is 4. The Balaban J connectivity index is 2.15. The first kappa shape index (κ1) is 14.6. The van der Waals surface area contributed by atoms with Crippen molar-refractivity contribution in [1.29, 1.82) is 0 Å². The first-order chi connectivity index (χ1) is 10.1. The second-order valence-corrected chi connectivity index (χ2v) is 4.32. The number of carboxylic acids is 1. The van der Waals surface area contributed by atoms with Crippen LogP contribution in [0.4, 0.5) is 0 Å². The van der Waals surface area contributed by atoms with E-state index in [0.717, 1.165) is 6.42 Å². The van der Waals surface area contributed by atoms with Crippen LogP contribution in [0.15, 0.2) is 18.3 Å². The summed E-state index contributed by atoms with van der Waals surface area (Å²) in [6.07, 6.45) is 2.74. The molecule has 0 aliphatic rings. The number of carboxylic acid groups (broad SMARTS) is 1. The molecule has 0 aromatic carbocycles. The number of aromatic nitrogens is 5. The molecule has 0 fully saturated rings. The van der Waals surface area contributed by atoms with E-state index in [2.05, 4.69) is 30.9 Å². The lowest BCUT2D eigenvalue weighted by atomic mass is 10.1. The predicted molar refractivity (Wildman–Crippen MR) is 70.5 cm³/mol. The van der Waals surface area contributed by atoms with Gasteiger partial charge in [0, 0.05) is 11.8 Å². The molecular formula is C12H14N6O3. The summed E-state index contributed by atoms with van der Waals surface area (Å²) in [4.78, 5) is 26.7. The van der Waals surface area contributed by atoms with Crippen molar-refractivity contribution < 1.29 is 14.7 Å². The third kappa shape index (κ3) is 3.59. The molecule has 2 aromatic rings. The summed E-state index contributed by atoms with van der Waals surface area (Å²) in [5.74, 6) is -1.21. The second kappa shape index (κ2) is 6.55. The van der Waals surface area contributed by atoms with Gasteiger partial charge in [-0.3, -0.25) is 4.79 Å². The van der Waals surface area contributed by atoms with E-state index >= 15 is 0 Å². The molecular weight excluding hydrogens is 276 g/mol. The van der Waals surface area contributed by atoms with E-state index in [0.29, 0.717) is 12.2 Å². The average Bonchev–Trinajstić information content (AvgIpc) is 3.01. The molecule has 0 aliphatic carbocycles. The number of hydrogen-bond donors (Lipinski definition) is 3. The SMILES string of the molecule is CCCC(NC(=O)c1ccnc(C(=O)O)c1)c1nn[nH]n1. The molecule has 0 saturated carbocycles. The number of H-pyrrole nitrogens is 1. The molecule has 9 heteroatoms. The highest BCUT2D eigenvalue weighted by Crippen LogP contribution is 2.14. The van der Waals surface area contributed by atoms with Crippen molar-refractivity contribution in [2.24, 2.45) is 0 Å². The minimum Gasteiger partial charge on any atom is -0.477 e. The number of tetrazole rings is 1. The van der Waals surface area contributed by atoms with Gasteiger partial charge in [0.2, 0.25) is 0 Å². The summed E-state index contributed by atoms with van der Waals surface area (Å²) >= 11 is 0. The Morgan fingerprint density at radius 1 is 1.48 bits per heavy atom. The fraction of sp³-hybridized carbons (Fsp3) is 0.333. The lowest BCUT2D eigenvalue weighted by Crippen LogP contribution is -2.29. The fourth-order valence-corrected chi connectivity index (χ4v) is 1.80. The van der Waals surface area contributed by atoms with Gasteiger partial charge in [-0.05, 0) is 18.6 Å². The smallest absolute Gasteiger partial charge is 0.354 e. The number of pyridine rings is 1. The molecule has 110 valence electrons. The summed E-state index contributed by atoms with van der Waals surface area (Å²) in [5, 5.41) is 25.2. The van der Waals surface area contributed by atoms with E-state index in [1.165, 1.54) is 18.3 Å². The molecule has 0 spiro atoms. The number of nitrogens with one attached hydrogen (secondary N) is 2. The summed E-state index contributed by atoms with van der Waals surface area (Å²) in [5.41, 5.74) is 0.0289. The third-order valence-corrected chi connectivity index (χ3v) is 2.80. The molecule has 1 amide bonds. The Morgan fingerprint density at radius 2 is 2.29 bits per heavy atom. The van der Waals surface area contributed by atoms with E-state index < -0.39 is 11.9 Å². The Kier molecular flexibility index (Phi) is 4.54. The fourth-order valence-electron chi connectivity index (χ4n) is 1.80. The lowest BCUT2D eigenvalue weighted by molar-refractivity contribution is 0.0690. The van der Waals surface area contributed by atoms with Gasteiger partial charge < -0.3 is 10.4 Å². The van der Waals surface area contributed by atoms with Crippen LogP contribution in [-0.2, 0) is 0 Å². The highest BCUT2D eigenvalue weighted by Gasteiger charge is 2.19. The topological polar surface area (TPSA) is 134 Å². The molecule has 0 saturated heterocycles.